The molecule has 1 aromatic rings. The molecule has 1 atom stereocenters. The molecule has 1 amide bonds. The minimum atomic E-state index is -1.18. The highest BCUT2D eigenvalue weighted by Gasteiger charge is 2.15. The number of amides is 1. The van der Waals surface area contributed by atoms with E-state index in [4.69, 9.17) is 10.5 Å². The molecule has 1 heterocycles. The van der Waals surface area contributed by atoms with Gasteiger partial charge in [0.15, 0.2) is 0 Å². The van der Waals surface area contributed by atoms with Crippen molar-refractivity contribution < 1.29 is 14.6 Å². The number of methoxy groups -OCH3 is 1. The lowest BCUT2D eigenvalue weighted by atomic mass is 10.2. The topological polar surface area (TPSA) is 102 Å². The Morgan fingerprint density at radius 2 is 2.35 bits per heavy atom. The number of nitrogens with one attached hydrogen (secondary N) is 1. The first-order valence-corrected chi connectivity index (χ1v) is 5.22. The second-order valence-corrected chi connectivity index (χ2v) is 3.75. The normalized spacial score (nSPS) is 12.5. The van der Waals surface area contributed by atoms with Gasteiger partial charge in [-0.25, -0.2) is 4.68 Å². The number of hydrogen-bond donors (Lipinski definition) is 3. The van der Waals surface area contributed by atoms with Crippen LogP contribution in [0.1, 0.15) is 11.3 Å². The molecule has 0 spiro atoms. The zero-order valence-electron chi connectivity index (χ0n) is 10.2. The van der Waals surface area contributed by atoms with E-state index in [2.05, 4.69) is 10.4 Å². The number of aryl methyl sites for hydroxylation is 2. The van der Waals surface area contributed by atoms with Crippen LogP contribution in [-0.2, 0) is 18.4 Å². The summed E-state index contributed by atoms with van der Waals surface area (Å²) in [5.74, 6) is -0.0871. The number of primary amides is 1. The molecule has 1 aromatic heterocycles. The third-order valence-corrected chi connectivity index (χ3v) is 2.45. The van der Waals surface area contributed by atoms with Crippen LogP contribution in [0.4, 0.5) is 0 Å². The van der Waals surface area contributed by atoms with Gasteiger partial charge in [0, 0.05) is 20.1 Å². The SMILES string of the molecule is COc1c(CNCC(O)C(N)=O)c(C)nn1C. The van der Waals surface area contributed by atoms with E-state index < -0.39 is 12.0 Å². The van der Waals surface area contributed by atoms with E-state index in [0.717, 1.165) is 11.3 Å². The van der Waals surface area contributed by atoms with Gasteiger partial charge in [0.1, 0.15) is 6.10 Å². The van der Waals surface area contributed by atoms with Gasteiger partial charge in [-0.05, 0) is 6.92 Å². The minimum Gasteiger partial charge on any atom is -0.481 e. The van der Waals surface area contributed by atoms with Gasteiger partial charge in [0.2, 0.25) is 11.8 Å². The third-order valence-electron chi connectivity index (χ3n) is 2.45. The molecule has 96 valence electrons. The van der Waals surface area contributed by atoms with E-state index >= 15 is 0 Å². The van der Waals surface area contributed by atoms with Crippen molar-refractivity contribution >= 4 is 5.91 Å². The quantitative estimate of drug-likeness (QED) is 0.574. The van der Waals surface area contributed by atoms with Gasteiger partial charge in [-0.3, -0.25) is 4.79 Å². The zero-order chi connectivity index (χ0) is 13.0. The van der Waals surface area contributed by atoms with Crippen LogP contribution in [0.25, 0.3) is 0 Å². The molecule has 0 aliphatic heterocycles. The summed E-state index contributed by atoms with van der Waals surface area (Å²) in [6.45, 7) is 2.42. The first-order valence-electron chi connectivity index (χ1n) is 5.22. The number of nitrogens with zero attached hydrogens (tertiary/aromatic N) is 2. The number of aliphatic hydroxyl groups excluding tert-OH is 1. The Hall–Kier alpha value is -1.60. The number of ether oxygens (including phenoxy) is 1. The average Bonchev–Trinajstić information content (AvgIpc) is 2.53. The lowest BCUT2D eigenvalue weighted by Crippen LogP contribution is -2.37. The van der Waals surface area contributed by atoms with Crippen LogP contribution >= 0.6 is 0 Å². The van der Waals surface area contributed by atoms with Crippen LogP contribution in [0.5, 0.6) is 5.88 Å². The summed E-state index contributed by atoms with van der Waals surface area (Å²) in [4.78, 5) is 10.6. The molecule has 7 nitrogen and oxygen atoms in total. The Balaban J connectivity index is 2.60. The Bertz CT molecular complexity index is 403. The van der Waals surface area contributed by atoms with Crippen LogP contribution in [-0.4, -0.2) is 40.6 Å². The van der Waals surface area contributed by atoms with Gasteiger partial charge < -0.3 is 20.9 Å². The monoisotopic (exact) mass is 242 g/mol. The van der Waals surface area contributed by atoms with E-state index in [0.29, 0.717) is 12.4 Å². The van der Waals surface area contributed by atoms with E-state index in [1.165, 1.54) is 0 Å². The number of aliphatic hydroxyl groups is 1. The molecule has 0 fully saturated rings. The van der Waals surface area contributed by atoms with Crippen molar-refractivity contribution in [2.45, 2.75) is 19.6 Å². The van der Waals surface area contributed by atoms with Crippen molar-refractivity contribution in [2.24, 2.45) is 12.8 Å². The van der Waals surface area contributed by atoms with E-state index in [1.54, 1.807) is 18.8 Å². The fourth-order valence-corrected chi connectivity index (χ4v) is 1.57. The van der Waals surface area contributed by atoms with Crippen LogP contribution in [0, 0.1) is 6.92 Å². The first-order chi connectivity index (χ1) is 7.97. The molecular formula is C10H18N4O3. The van der Waals surface area contributed by atoms with Gasteiger partial charge in [-0.2, -0.15) is 5.10 Å². The summed E-state index contributed by atoms with van der Waals surface area (Å²) >= 11 is 0. The van der Waals surface area contributed by atoms with Crippen LogP contribution in [0.15, 0.2) is 0 Å². The van der Waals surface area contributed by atoms with Crippen LogP contribution in [0.3, 0.4) is 0 Å². The number of carbonyl (C=O) groups excluding carboxylic acids is 1. The first kappa shape index (κ1) is 13.5. The summed E-state index contributed by atoms with van der Waals surface area (Å²) in [6, 6.07) is 0. The molecule has 4 N–H and O–H groups in total. The molecule has 0 bridgehead atoms. The molecule has 7 heteroatoms. The maximum Gasteiger partial charge on any atom is 0.247 e. The molecule has 1 rings (SSSR count). The van der Waals surface area contributed by atoms with Gasteiger partial charge in [-0.15, -0.1) is 0 Å². The number of rotatable bonds is 6. The van der Waals surface area contributed by atoms with Crippen molar-refractivity contribution in [3.05, 3.63) is 11.3 Å². The number of carbonyl (C=O) groups is 1. The van der Waals surface area contributed by atoms with Crippen molar-refractivity contribution in [3.63, 3.8) is 0 Å². The summed E-state index contributed by atoms with van der Waals surface area (Å²) in [7, 11) is 3.35. The van der Waals surface area contributed by atoms with Gasteiger partial charge in [-0.1, -0.05) is 0 Å². The number of hydrogen-bond acceptors (Lipinski definition) is 5. The molecule has 0 aliphatic rings. The smallest absolute Gasteiger partial charge is 0.247 e. The maximum atomic E-state index is 10.6. The molecule has 0 radical (unpaired) electrons. The highest BCUT2D eigenvalue weighted by Crippen LogP contribution is 2.20. The van der Waals surface area contributed by atoms with Gasteiger partial charge >= 0.3 is 0 Å². The number of nitrogens with two attached hydrogens (primary N) is 1. The standard InChI is InChI=1S/C10H18N4O3/c1-6-7(10(17-3)14(2)13-6)4-12-5-8(15)9(11)16/h8,12,15H,4-5H2,1-3H3,(H2,11,16). The second kappa shape index (κ2) is 5.65. The van der Waals surface area contributed by atoms with Crippen LogP contribution < -0.4 is 15.8 Å². The largest absolute Gasteiger partial charge is 0.481 e. The van der Waals surface area contributed by atoms with E-state index in [1.807, 2.05) is 6.92 Å². The van der Waals surface area contributed by atoms with Crippen LogP contribution in [0.2, 0.25) is 0 Å². The Labute approximate surface area is 99.6 Å². The predicted molar refractivity (Wildman–Crippen MR) is 61.4 cm³/mol. The fraction of sp³-hybridized carbons (Fsp3) is 0.600. The van der Waals surface area contributed by atoms with Gasteiger partial charge in [0.25, 0.3) is 0 Å². The molecule has 0 aromatic carbocycles. The molecule has 0 saturated heterocycles. The van der Waals surface area contributed by atoms with E-state index in [-0.39, 0.29) is 6.54 Å². The zero-order valence-corrected chi connectivity index (χ0v) is 10.2. The second-order valence-electron chi connectivity index (χ2n) is 3.75. The molecule has 0 aliphatic carbocycles. The average molecular weight is 242 g/mol. The van der Waals surface area contributed by atoms with Crippen molar-refractivity contribution in [2.75, 3.05) is 13.7 Å². The summed E-state index contributed by atoms with van der Waals surface area (Å²) in [5, 5.41) is 16.4. The predicted octanol–water partition coefficient (Wildman–Crippen LogP) is -1.33. The Morgan fingerprint density at radius 3 is 2.88 bits per heavy atom. The number of aromatic nitrogens is 2. The van der Waals surface area contributed by atoms with Crippen molar-refractivity contribution in [3.8, 4) is 5.88 Å². The third kappa shape index (κ3) is 3.18. The molecule has 0 saturated carbocycles. The summed E-state index contributed by atoms with van der Waals surface area (Å²) in [5.41, 5.74) is 6.67. The molecular weight excluding hydrogens is 224 g/mol. The Morgan fingerprint density at radius 1 is 1.71 bits per heavy atom. The fourth-order valence-electron chi connectivity index (χ4n) is 1.57. The molecule has 17 heavy (non-hydrogen) atoms. The van der Waals surface area contributed by atoms with Crippen molar-refractivity contribution in [1.82, 2.24) is 15.1 Å². The lowest BCUT2D eigenvalue weighted by Gasteiger charge is -2.09. The summed E-state index contributed by atoms with van der Waals surface area (Å²) in [6.07, 6.45) is -1.18. The highest BCUT2D eigenvalue weighted by molar-refractivity contribution is 5.78. The van der Waals surface area contributed by atoms with Gasteiger partial charge in [0.05, 0.1) is 18.4 Å². The molecule has 1 unspecified atom stereocenters. The summed E-state index contributed by atoms with van der Waals surface area (Å²) < 4.78 is 6.84. The van der Waals surface area contributed by atoms with E-state index in [9.17, 15) is 9.90 Å². The Kier molecular flexibility index (Phi) is 4.47. The minimum absolute atomic E-state index is 0.104. The van der Waals surface area contributed by atoms with Crippen molar-refractivity contribution in [1.29, 1.82) is 0 Å². The highest BCUT2D eigenvalue weighted by atomic mass is 16.5. The maximum absolute atomic E-state index is 10.6. The lowest BCUT2D eigenvalue weighted by molar-refractivity contribution is -0.125.